The van der Waals surface area contributed by atoms with Gasteiger partial charge in [-0.1, -0.05) is 11.6 Å². The third-order valence-corrected chi connectivity index (χ3v) is 3.50. The first-order valence-electron chi connectivity index (χ1n) is 5.61. The molecule has 0 fully saturated rings. The average Bonchev–Trinajstić information content (AvgIpc) is 2.40. The number of halogens is 3. The summed E-state index contributed by atoms with van der Waals surface area (Å²) >= 11 is 9.24. The molecule has 0 aromatic heterocycles. The van der Waals surface area contributed by atoms with Crippen LogP contribution in [0.5, 0.6) is 5.75 Å². The molecule has 19 heavy (non-hydrogen) atoms. The van der Waals surface area contributed by atoms with E-state index in [1.807, 2.05) is 18.2 Å². The van der Waals surface area contributed by atoms with Crippen LogP contribution < -0.4 is 10.1 Å². The molecule has 0 spiro atoms. The van der Waals surface area contributed by atoms with Crippen molar-refractivity contribution in [3.8, 4) is 5.75 Å². The van der Waals surface area contributed by atoms with Gasteiger partial charge in [-0.25, -0.2) is 4.39 Å². The molecule has 0 saturated heterocycles. The Morgan fingerprint density at radius 1 is 1.26 bits per heavy atom. The normalized spacial score (nSPS) is 10.3. The zero-order valence-corrected chi connectivity index (χ0v) is 12.6. The van der Waals surface area contributed by atoms with Crippen LogP contribution in [0.3, 0.4) is 0 Å². The van der Waals surface area contributed by atoms with Gasteiger partial charge < -0.3 is 10.1 Å². The quantitative estimate of drug-likeness (QED) is 0.855. The van der Waals surface area contributed by atoms with Crippen LogP contribution in [0.15, 0.2) is 40.9 Å². The molecule has 0 radical (unpaired) electrons. The lowest BCUT2D eigenvalue weighted by Gasteiger charge is -2.10. The van der Waals surface area contributed by atoms with Crippen LogP contribution in [0.4, 0.5) is 10.1 Å². The molecule has 2 nitrogen and oxygen atoms in total. The van der Waals surface area contributed by atoms with Crippen LogP contribution in [0, 0.1) is 5.82 Å². The van der Waals surface area contributed by atoms with Crippen molar-refractivity contribution in [2.24, 2.45) is 0 Å². The zero-order chi connectivity index (χ0) is 13.8. The van der Waals surface area contributed by atoms with Crippen molar-refractivity contribution in [2.45, 2.75) is 6.54 Å². The lowest BCUT2D eigenvalue weighted by atomic mass is 10.2. The van der Waals surface area contributed by atoms with Crippen LogP contribution >= 0.6 is 27.5 Å². The molecule has 0 aliphatic carbocycles. The Labute approximate surface area is 124 Å². The largest absolute Gasteiger partial charge is 0.496 e. The van der Waals surface area contributed by atoms with Gasteiger partial charge in [0.15, 0.2) is 0 Å². The Balaban J connectivity index is 2.10. The number of benzene rings is 2. The van der Waals surface area contributed by atoms with Gasteiger partial charge in [0, 0.05) is 22.8 Å². The van der Waals surface area contributed by atoms with Crippen molar-refractivity contribution < 1.29 is 9.13 Å². The summed E-state index contributed by atoms with van der Waals surface area (Å²) in [6.07, 6.45) is 0. The molecule has 0 saturated carbocycles. The SMILES string of the molecule is COc1ccc(NCc2cc(Cl)ccc2F)cc1Br. The predicted molar refractivity (Wildman–Crippen MR) is 79.4 cm³/mol. The minimum atomic E-state index is -0.274. The molecular formula is C14H12BrClFNO. The number of methoxy groups -OCH3 is 1. The molecular weight excluding hydrogens is 333 g/mol. The fourth-order valence-corrected chi connectivity index (χ4v) is 2.39. The van der Waals surface area contributed by atoms with Crippen molar-refractivity contribution in [3.63, 3.8) is 0 Å². The Kier molecular flexibility index (Phi) is 4.66. The topological polar surface area (TPSA) is 21.3 Å². The van der Waals surface area contributed by atoms with Gasteiger partial charge in [-0.05, 0) is 52.3 Å². The third kappa shape index (κ3) is 3.61. The van der Waals surface area contributed by atoms with E-state index in [1.54, 1.807) is 13.2 Å². The molecule has 0 bridgehead atoms. The summed E-state index contributed by atoms with van der Waals surface area (Å²) < 4.78 is 19.5. The molecule has 0 aliphatic heterocycles. The first-order chi connectivity index (χ1) is 9.10. The molecule has 2 aromatic rings. The minimum absolute atomic E-state index is 0.274. The number of ether oxygens (including phenoxy) is 1. The number of nitrogens with one attached hydrogen (secondary N) is 1. The first kappa shape index (κ1) is 14.2. The van der Waals surface area contributed by atoms with Crippen LogP contribution in [0.1, 0.15) is 5.56 Å². The van der Waals surface area contributed by atoms with Gasteiger partial charge in [0.2, 0.25) is 0 Å². The second kappa shape index (κ2) is 6.26. The van der Waals surface area contributed by atoms with E-state index in [0.29, 0.717) is 17.1 Å². The Bertz CT molecular complexity index is 592. The summed E-state index contributed by atoms with van der Waals surface area (Å²) in [5, 5.41) is 3.66. The molecule has 1 N–H and O–H groups in total. The molecule has 0 unspecified atom stereocenters. The van der Waals surface area contributed by atoms with Gasteiger partial charge in [-0.2, -0.15) is 0 Å². The third-order valence-electron chi connectivity index (χ3n) is 2.64. The lowest BCUT2D eigenvalue weighted by Crippen LogP contribution is -2.02. The van der Waals surface area contributed by atoms with Gasteiger partial charge in [0.1, 0.15) is 11.6 Å². The summed E-state index contributed by atoms with van der Waals surface area (Å²) in [5.41, 5.74) is 1.39. The van der Waals surface area contributed by atoms with E-state index in [0.717, 1.165) is 15.9 Å². The van der Waals surface area contributed by atoms with Crippen molar-refractivity contribution in [2.75, 3.05) is 12.4 Å². The van der Waals surface area contributed by atoms with Crippen LogP contribution in [0.2, 0.25) is 5.02 Å². The van der Waals surface area contributed by atoms with Crippen molar-refractivity contribution in [1.29, 1.82) is 0 Å². The maximum absolute atomic E-state index is 13.5. The number of anilines is 1. The van der Waals surface area contributed by atoms with Crippen molar-refractivity contribution in [1.82, 2.24) is 0 Å². The van der Waals surface area contributed by atoms with Gasteiger partial charge in [0.25, 0.3) is 0 Å². The van der Waals surface area contributed by atoms with Crippen LogP contribution in [0.25, 0.3) is 0 Å². The highest BCUT2D eigenvalue weighted by Gasteiger charge is 2.04. The first-order valence-corrected chi connectivity index (χ1v) is 6.78. The predicted octanol–water partition coefficient (Wildman–Crippen LogP) is 4.86. The fourth-order valence-electron chi connectivity index (χ4n) is 1.65. The van der Waals surface area contributed by atoms with Gasteiger partial charge in [-0.3, -0.25) is 0 Å². The molecule has 0 aliphatic rings. The molecule has 2 rings (SSSR count). The zero-order valence-electron chi connectivity index (χ0n) is 10.2. The summed E-state index contributed by atoms with van der Waals surface area (Å²) in [7, 11) is 1.61. The maximum Gasteiger partial charge on any atom is 0.133 e. The van der Waals surface area contributed by atoms with Gasteiger partial charge in [0.05, 0.1) is 11.6 Å². The standard InChI is InChI=1S/C14H12BrClFNO/c1-19-14-5-3-11(7-12(14)15)18-8-9-6-10(16)2-4-13(9)17/h2-7,18H,8H2,1H3. The van der Waals surface area contributed by atoms with Gasteiger partial charge in [-0.15, -0.1) is 0 Å². The molecule has 0 heterocycles. The molecule has 5 heteroatoms. The van der Waals surface area contributed by atoms with E-state index >= 15 is 0 Å². The van der Waals surface area contributed by atoms with E-state index in [4.69, 9.17) is 16.3 Å². The Morgan fingerprint density at radius 2 is 2.05 bits per heavy atom. The smallest absolute Gasteiger partial charge is 0.133 e. The Hall–Kier alpha value is -1.26. The van der Waals surface area contributed by atoms with Crippen LogP contribution in [-0.4, -0.2) is 7.11 Å². The second-order valence-electron chi connectivity index (χ2n) is 3.94. The highest BCUT2D eigenvalue weighted by molar-refractivity contribution is 9.10. The Morgan fingerprint density at radius 3 is 2.74 bits per heavy atom. The highest BCUT2D eigenvalue weighted by atomic mass is 79.9. The van der Waals surface area contributed by atoms with E-state index in [2.05, 4.69) is 21.2 Å². The van der Waals surface area contributed by atoms with E-state index < -0.39 is 0 Å². The number of hydrogen-bond acceptors (Lipinski definition) is 2. The van der Waals surface area contributed by atoms with E-state index in [9.17, 15) is 4.39 Å². The molecule has 0 amide bonds. The summed E-state index contributed by atoms with van der Waals surface area (Å²) in [4.78, 5) is 0. The summed E-state index contributed by atoms with van der Waals surface area (Å²) in [6, 6.07) is 10.1. The minimum Gasteiger partial charge on any atom is -0.496 e. The maximum atomic E-state index is 13.5. The van der Waals surface area contributed by atoms with Crippen molar-refractivity contribution >= 4 is 33.2 Å². The molecule has 2 aromatic carbocycles. The highest BCUT2D eigenvalue weighted by Crippen LogP contribution is 2.28. The van der Waals surface area contributed by atoms with Crippen LogP contribution in [-0.2, 0) is 6.54 Å². The van der Waals surface area contributed by atoms with Crippen molar-refractivity contribution in [3.05, 3.63) is 57.3 Å². The van der Waals surface area contributed by atoms with E-state index in [-0.39, 0.29) is 5.82 Å². The second-order valence-corrected chi connectivity index (χ2v) is 5.23. The molecule has 0 atom stereocenters. The monoisotopic (exact) mass is 343 g/mol. The number of rotatable bonds is 4. The average molecular weight is 345 g/mol. The number of hydrogen-bond donors (Lipinski definition) is 1. The van der Waals surface area contributed by atoms with Gasteiger partial charge >= 0.3 is 0 Å². The summed E-state index contributed by atoms with van der Waals surface area (Å²) in [6.45, 7) is 0.366. The fraction of sp³-hybridized carbons (Fsp3) is 0.143. The summed E-state index contributed by atoms with van der Waals surface area (Å²) in [5.74, 6) is 0.476. The van der Waals surface area contributed by atoms with E-state index in [1.165, 1.54) is 12.1 Å². The lowest BCUT2D eigenvalue weighted by molar-refractivity contribution is 0.412. The molecule has 100 valence electrons.